The predicted molar refractivity (Wildman–Crippen MR) is 129 cm³/mol. The Morgan fingerprint density at radius 2 is 1.97 bits per heavy atom. The Labute approximate surface area is 195 Å². The lowest BCUT2D eigenvalue weighted by atomic mass is 10.0. The first-order valence-electron chi connectivity index (χ1n) is 9.63. The average molecular weight is 530 g/mol. The Kier molecular flexibility index (Phi) is 9.96. The van der Waals surface area contributed by atoms with Crippen LogP contribution >= 0.6 is 35.6 Å². The van der Waals surface area contributed by atoms with Gasteiger partial charge in [-0.25, -0.2) is 4.98 Å². The van der Waals surface area contributed by atoms with Crippen molar-refractivity contribution >= 4 is 41.5 Å². The lowest BCUT2D eigenvalue weighted by Crippen LogP contribution is -2.42. The number of rotatable bonds is 7. The van der Waals surface area contributed by atoms with Gasteiger partial charge in [0.25, 0.3) is 0 Å². The van der Waals surface area contributed by atoms with Crippen LogP contribution in [0.5, 0.6) is 5.75 Å². The average Bonchev–Trinajstić information content (AvgIpc) is 3.26. The van der Waals surface area contributed by atoms with Crippen molar-refractivity contribution in [2.45, 2.75) is 25.4 Å². The van der Waals surface area contributed by atoms with E-state index >= 15 is 0 Å². The highest BCUT2D eigenvalue weighted by Gasteiger charge is 2.26. The van der Waals surface area contributed by atoms with Crippen molar-refractivity contribution in [1.29, 1.82) is 0 Å². The molecule has 6 nitrogen and oxygen atoms in total. The molecule has 2 aromatic rings. The van der Waals surface area contributed by atoms with E-state index in [1.807, 2.05) is 18.2 Å². The molecule has 1 unspecified atom stereocenters. The summed E-state index contributed by atoms with van der Waals surface area (Å²) < 4.78 is 5.62. The molecule has 2 N–H and O–H groups in total. The van der Waals surface area contributed by atoms with Crippen LogP contribution < -0.4 is 15.4 Å². The number of para-hydroxylation sites is 1. The molecule has 0 bridgehead atoms. The lowest BCUT2D eigenvalue weighted by Gasteiger charge is -2.30. The van der Waals surface area contributed by atoms with Crippen LogP contribution in [-0.4, -0.2) is 49.6 Å². The third kappa shape index (κ3) is 6.72. The number of methoxy groups -OCH3 is 1. The van der Waals surface area contributed by atoms with Crippen LogP contribution in [0.15, 0.2) is 47.6 Å². The van der Waals surface area contributed by atoms with Gasteiger partial charge < -0.3 is 15.4 Å². The number of ether oxygens (including phenoxy) is 1. The third-order valence-corrected chi connectivity index (χ3v) is 5.24. The zero-order valence-electron chi connectivity index (χ0n) is 16.9. The Morgan fingerprint density at radius 3 is 2.62 bits per heavy atom. The van der Waals surface area contributed by atoms with E-state index < -0.39 is 0 Å². The zero-order chi connectivity index (χ0) is 19.8. The van der Waals surface area contributed by atoms with Crippen LogP contribution in [0.25, 0.3) is 0 Å². The number of nitrogens with zero attached hydrogens (tertiary/aromatic N) is 3. The highest BCUT2D eigenvalue weighted by atomic mass is 127. The first-order valence-corrected chi connectivity index (χ1v) is 10.0. The maximum Gasteiger partial charge on any atom is 0.191 e. The molecule has 0 spiro atoms. The van der Waals surface area contributed by atoms with Gasteiger partial charge in [0.1, 0.15) is 10.9 Å². The SMILES string of the molecule is CN=C(NCc1ccc(Cl)nc1)NCC(c1ccccc1OC)N1CCCC1.I. The van der Waals surface area contributed by atoms with Gasteiger partial charge >= 0.3 is 0 Å². The molecule has 8 heteroatoms. The molecule has 29 heavy (non-hydrogen) atoms. The van der Waals surface area contributed by atoms with E-state index in [4.69, 9.17) is 16.3 Å². The summed E-state index contributed by atoms with van der Waals surface area (Å²) in [4.78, 5) is 11.0. The Hall–Kier alpha value is -1.58. The molecule has 0 radical (unpaired) electrons. The molecule has 0 saturated carbocycles. The Bertz CT molecular complexity index is 781. The zero-order valence-corrected chi connectivity index (χ0v) is 20.0. The van der Waals surface area contributed by atoms with Gasteiger partial charge in [0.2, 0.25) is 0 Å². The largest absolute Gasteiger partial charge is 0.496 e. The number of pyridine rings is 1. The molecule has 2 heterocycles. The number of likely N-dealkylation sites (tertiary alicyclic amines) is 1. The number of hydrogen-bond donors (Lipinski definition) is 2. The van der Waals surface area contributed by atoms with Crippen LogP contribution in [0.2, 0.25) is 5.15 Å². The maximum absolute atomic E-state index is 5.85. The molecular formula is C21H29ClIN5O. The Balaban J connectivity index is 0.00000300. The molecule has 1 atom stereocenters. The number of halogens is 2. The number of guanidine groups is 1. The molecule has 1 saturated heterocycles. The molecule has 1 fully saturated rings. The summed E-state index contributed by atoms with van der Waals surface area (Å²) in [5, 5.41) is 7.31. The molecule has 1 aliphatic heterocycles. The minimum absolute atomic E-state index is 0. The first kappa shape index (κ1) is 23.7. The van der Waals surface area contributed by atoms with E-state index in [-0.39, 0.29) is 30.0 Å². The third-order valence-electron chi connectivity index (χ3n) is 5.01. The number of nitrogens with one attached hydrogen (secondary N) is 2. The maximum atomic E-state index is 5.85. The van der Waals surface area contributed by atoms with Gasteiger partial charge in [0.15, 0.2) is 5.96 Å². The van der Waals surface area contributed by atoms with Crippen LogP contribution in [-0.2, 0) is 6.54 Å². The second-order valence-corrected chi connectivity index (χ2v) is 7.18. The molecular weight excluding hydrogens is 501 g/mol. The first-order chi connectivity index (χ1) is 13.7. The van der Waals surface area contributed by atoms with Crippen molar-refractivity contribution in [2.75, 3.05) is 33.8 Å². The minimum atomic E-state index is 0. The smallest absolute Gasteiger partial charge is 0.191 e. The van der Waals surface area contributed by atoms with E-state index in [0.717, 1.165) is 36.9 Å². The molecule has 0 amide bonds. The summed E-state index contributed by atoms with van der Waals surface area (Å²) in [6.07, 6.45) is 4.24. The monoisotopic (exact) mass is 529 g/mol. The fraction of sp³-hybridized carbons (Fsp3) is 0.429. The number of aliphatic imine (C=N–C) groups is 1. The summed E-state index contributed by atoms with van der Waals surface area (Å²) in [7, 11) is 3.51. The van der Waals surface area contributed by atoms with Gasteiger partial charge in [0, 0.05) is 31.9 Å². The van der Waals surface area contributed by atoms with E-state index in [0.29, 0.717) is 11.7 Å². The van der Waals surface area contributed by atoms with Crippen LogP contribution in [0.1, 0.15) is 30.0 Å². The van der Waals surface area contributed by atoms with E-state index in [9.17, 15) is 0 Å². The summed E-state index contributed by atoms with van der Waals surface area (Å²) >= 11 is 5.85. The summed E-state index contributed by atoms with van der Waals surface area (Å²) in [5.74, 6) is 1.69. The van der Waals surface area contributed by atoms with Crippen molar-refractivity contribution < 1.29 is 4.74 Å². The normalized spacial score (nSPS) is 15.5. The summed E-state index contributed by atoms with van der Waals surface area (Å²) in [5.41, 5.74) is 2.25. The minimum Gasteiger partial charge on any atom is -0.496 e. The predicted octanol–water partition coefficient (Wildman–Crippen LogP) is 3.86. The van der Waals surface area contributed by atoms with Crippen molar-refractivity contribution in [1.82, 2.24) is 20.5 Å². The van der Waals surface area contributed by atoms with E-state index in [1.54, 1.807) is 26.4 Å². The number of hydrogen-bond acceptors (Lipinski definition) is 4. The summed E-state index contributed by atoms with van der Waals surface area (Å²) in [6, 6.07) is 12.2. The molecule has 0 aliphatic carbocycles. The standard InChI is InChI=1S/C21H28ClN5O.HI/c1-23-21(25-14-16-9-10-20(22)24-13-16)26-15-18(27-11-5-6-12-27)17-7-3-4-8-19(17)28-2;/h3-4,7-10,13,18H,5-6,11-12,14-15H2,1-2H3,(H2,23,25,26);1H. The van der Waals surface area contributed by atoms with Crippen molar-refractivity contribution in [3.05, 3.63) is 58.9 Å². The Morgan fingerprint density at radius 1 is 1.21 bits per heavy atom. The number of benzene rings is 1. The quantitative estimate of drug-likeness (QED) is 0.247. The van der Waals surface area contributed by atoms with Gasteiger partial charge in [-0.05, 0) is 43.6 Å². The van der Waals surface area contributed by atoms with Crippen LogP contribution in [0.4, 0.5) is 0 Å². The van der Waals surface area contributed by atoms with Crippen molar-refractivity contribution in [3.63, 3.8) is 0 Å². The molecule has 1 aromatic carbocycles. The molecule has 1 aromatic heterocycles. The lowest BCUT2D eigenvalue weighted by molar-refractivity contribution is 0.239. The van der Waals surface area contributed by atoms with Crippen molar-refractivity contribution in [2.24, 2.45) is 4.99 Å². The fourth-order valence-electron chi connectivity index (χ4n) is 3.54. The molecule has 3 rings (SSSR count). The fourth-order valence-corrected chi connectivity index (χ4v) is 3.65. The molecule has 158 valence electrons. The van der Waals surface area contributed by atoms with Crippen LogP contribution in [0, 0.1) is 0 Å². The van der Waals surface area contributed by atoms with Gasteiger partial charge in [-0.15, -0.1) is 24.0 Å². The second-order valence-electron chi connectivity index (χ2n) is 6.80. The van der Waals surface area contributed by atoms with E-state index in [1.165, 1.54) is 18.4 Å². The van der Waals surface area contributed by atoms with Gasteiger partial charge in [-0.1, -0.05) is 35.9 Å². The van der Waals surface area contributed by atoms with Crippen LogP contribution in [0.3, 0.4) is 0 Å². The number of aromatic nitrogens is 1. The highest BCUT2D eigenvalue weighted by Crippen LogP contribution is 2.31. The van der Waals surface area contributed by atoms with Gasteiger partial charge in [0.05, 0.1) is 13.2 Å². The van der Waals surface area contributed by atoms with Gasteiger partial charge in [-0.2, -0.15) is 0 Å². The van der Waals surface area contributed by atoms with E-state index in [2.05, 4.69) is 37.6 Å². The van der Waals surface area contributed by atoms with Gasteiger partial charge in [-0.3, -0.25) is 9.89 Å². The second kappa shape index (κ2) is 12.2. The highest BCUT2D eigenvalue weighted by molar-refractivity contribution is 14.0. The molecule has 1 aliphatic rings. The topological polar surface area (TPSA) is 61.8 Å². The van der Waals surface area contributed by atoms with Crippen molar-refractivity contribution in [3.8, 4) is 5.75 Å². The summed E-state index contributed by atoms with van der Waals surface area (Å²) in [6.45, 7) is 3.59.